The monoisotopic (exact) mass is 422 g/mol. The summed E-state index contributed by atoms with van der Waals surface area (Å²) in [6, 6.07) is 12.1. The second-order valence-electron chi connectivity index (χ2n) is 7.57. The molecule has 2 aromatic heterocycles. The van der Waals surface area contributed by atoms with Crippen LogP contribution in [0.1, 0.15) is 50.2 Å². The predicted octanol–water partition coefficient (Wildman–Crippen LogP) is 2.83. The average molecular weight is 423 g/mol. The van der Waals surface area contributed by atoms with Crippen molar-refractivity contribution in [2.24, 2.45) is 11.7 Å². The second-order valence-corrected chi connectivity index (χ2v) is 8.68. The Bertz CT molecular complexity index is 1170. The Morgan fingerprint density at radius 1 is 1.23 bits per heavy atom. The Labute approximate surface area is 177 Å². The Morgan fingerprint density at radius 2 is 2.00 bits per heavy atom. The fraction of sp³-hybridized carbons (Fsp3) is 0.273. The van der Waals surface area contributed by atoms with Crippen LogP contribution in [0.2, 0.25) is 0 Å². The lowest BCUT2D eigenvalue weighted by atomic mass is 9.88. The summed E-state index contributed by atoms with van der Waals surface area (Å²) in [7, 11) is 0. The van der Waals surface area contributed by atoms with Crippen molar-refractivity contribution in [3.05, 3.63) is 80.1 Å². The Hall–Kier alpha value is -3.26. The molecule has 2 amide bonds. The van der Waals surface area contributed by atoms with E-state index < -0.39 is 11.8 Å². The number of fused-ring (bicyclic) bond motifs is 1. The van der Waals surface area contributed by atoms with Crippen LogP contribution in [0.5, 0.6) is 0 Å². The summed E-state index contributed by atoms with van der Waals surface area (Å²) in [6.07, 6.45) is 2.64. The number of carbonyl (C=O) groups is 2. The van der Waals surface area contributed by atoms with Gasteiger partial charge in [0.2, 0.25) is 0 Å². The van der Waals surface area contributed by atoms with E-state index in [0.717, 1.165) is 35.3 Å². The summed E-state index contributed by atoms with van der Waals surface area (Å²) >= 11 is 1.40. The van der Waals surface area contributed by atoms with Crippen LogP contribution in [0.25, 0.3) is 0 Å². The molecule has 0 spiro atoms. The minimum Gasteiger partial charge on any atom is -0.365 e. The highest BCUT2D eigenvalue weighted by Gasteiger charge is 2.27. The summed E-state index contributed by atoms with van der Waals surface area (Å²) in [5.74, 6) is -0.492. The van der Waals surface area contributed by atoms with Crippen molar-refractivity contribution in [2.45, 2.75) is 32.7 Å². The lowest BCUT2D eigenvalue weighted by Gasteiger charge is -2.18. The number of nitrogens with zero attached hydrogens (tertiary/aromatic N) is 2. The van der Waals surface area contributed by atoms with Gasteiger partial charge in [-0.3, -0.25) is 14.4 Å². The predicted molar refractivity (Wildman–Crippen MR) is 116 cm³/mol. The van der Waals surface area contributed by atoms with Crippen LogP contribution in [0.3, 0.4) is 0 Å². The average Bonchev–Trinajstić information content (AvgIpc) is 3.07. The fourth-order valence-corrected chi connectivity index (χ4v) is 5.12. The molecule has 3 aromatic rings. The van der Waals surface area contributed by atoms with Crippen LogP contribution in [-0.2, 0) is 19.4 Å². The first kappa shape index (κ1) is 20.0. The summed E-state index contributed by atoms with van der Waals surface area (Å²) in [4.78, 5) is 38.2. The molecule has 3 N–H and O–H groups in total. The van der Waals surface area contributed by atoms with Crippen LogP contribution in [0.15, 0.2) is 47.3 Å². The zero-order chi connectivity index (χ0) is 21.3. The molecule has 1 aliphatic carbocycles. The number of benzene rings is 1. The highest BCUT2D eigenvalue weighted by atomic mass is 32.1. The molecule has 7 nitrogen and oxygen atoms in total. The molecule has 1 atom stereocenters. The van der Waals surface area contributed by atoms with E-state index in [-0.39, 0.29) is 17.8 Å². The molecule has 0 bridgehead atoms. The fourth-order valence-electron chi connectivity index (χ4n) is 3.71. The van der Waals surface area contributed by atoms with Crippen molar-refractivity contribution in [3.63, 3.8) is 0 Å². The topological polar surface area (TPSA) is 107 Å². The molecular formula is C22H22N4O3S. The summed E-state index contributed by atoms with van der Waals surface area (Å²) in [6.45, 7) is 2.43. The molecule has 0 saturated heterocycles. The third kappa shape index (κ3) is 4.04. The van der Waals surface area contributed by atoms with Crippen molar-refractivity contribution < 1.29 is 9.59 Å². The molecule has 1 unspecified atom stereocenters. The second kappa shape index (κ2) is 8.23. The summed E-state index contributed by atoms with van der Waals surface area (Å²) in [5, 5.41) is 7.46. The first-order valence-corrected chi connectivity index (χ1v) is 10.6. The van der Waals surface area contributed by atoms with Gasteiger partial charge in [0.1, 0.15) is 10.7 Å². The van der Waals surface area contributed by atoms with Crippen molar-refractivity contribution in [1.82, 2.24) is 9.78 Å². The third-order valence-electron chi connectivity index (χ3n) is 5.26. The number of nitrogens with one attached hydrogen (secondary N) is 1. The van der Waals surface area contributed by atoms with Gasteiger partial charge in [-0.25, -0.2) is 4.68 Å². The molecule has 8 heteroatoms. The third-order valence-corrected chi connectivity index (χ3v) is 6.43. The van der Waals surface area contributed by atoms with Gasteiger partial charge in [0.05, 0.1) is 12.1 Å². The van der Waals surface area contributed by atoms with E-state index in [1.54, 1.807) is 0 Å². The molecule has 2 heterocycles. The van der Waals surface area contributed by atoms with Crippen LogP contribution in [0.4, 0.5) is 5.00 Å². The zero-order valence-electron chi connectivity index (χ0n) is 16.6. The highest BCUT2D eigenvalue weighted by molar-refractivity contribution is 7.17. The number of nitrogens with two attached hydrogens (primary N) is 1. The van der Waals surface area contributed by atoms with E-state index in [2.05, 4.69) is 17.3 Å². The quantitative estimate of drug-likeness (QED) is 0.659. The van der Waals surface area contributed by atoms with Gasteiger partial charge in [0, 0.05) is 10.9 Å². The van der Waals surface area contributed by atoms with Gasteiger partial charge < -0.3 is 11.1 Å². The minimum atomic E-state index is -0.542. The summed E-state index contributed by atoms with van der Waals surface area (Å²) < 4.78 is 1.25. The molecule has 0 saturated carbocycles. The maximum Gasteiger partial charge on any atom is 0.276 e. The zero-order valence-corrected chi connectivity index (χ0v) is 17.4. The van der Waals surface area contributed by atoms with E-state index in [9.17, 15) is 14.4 Å². The molecule has 0 fully saturated rings. The Morgan fingerprint density at radius 3 is 2.73 bits per heavy atom. The smallest absolute Gasteiger partial charge is 0.276 e. The normalized spacial score (nSPS) is 15.4. The molecule has 0 radical (unpaired) electrons. The van der Waals surface area contributed by atoms with Crippen molar-refractivity contribution in [3.8, 4) is 0 Å². The number of aromatic nitrogens is 2. The van der Waals surface area contributed by atoms with E-state index in [1.807, 2.05) is 30.3 Å². The van der Waals surface area contributed by atoms with Gasteiger partial charge >= 0.3 is 0 Å². The molecule has 1 aromatic carbocycles. The van der Waals surface area contributed by atoms with E-state index in [0.29, 0.717) is 16.5 Å². The lowest BCUT2D eigenvalue weighted by Crippen LogP contribution is -2.27. The summed E-state index contributed by atoms with van der Waals surface area (Å²) in [5.41, 5.74) is 7.66. The number of carbonyl (C=O) groups excluding carboxylic acids is 2. The number of hydrogen-bond acceptors (Lipinski definition) is 5. The van der Waals surface area contributed by atoms with Crippen LogP contribution in [0, 0.1) is 5.92 Å². The van der Waals surface area contributed by atoms with E-state index in [1.165, 1.54) is 28.2 Å². The first-order chi connectivity index (χ1) is 14.4. The van der Waals surface area contributed by atoms with Crippen molar-refractivity contribution >= 4 is 28.2 Å². The van der Waals surface area contributed by atoms with Crippen LogP contribution >= 0.6 is 11.3 Å². The van der Waals surface area contributed by atoms with Crippen molar-refractivity contribution in [2.75, 3.05) is 5.32 Å². The van der Waals surface area contributed by atoms with Crippen molar-refractivity contribution in [1.29, 1.82) is 0 Å². The van der Waals surface area contributed by atoms with Gasteiger partial charge in [-0.15, -0.1) is 11.3 Å². The maximum atomic E-state index is 12.8. The molecular weight excluding hydrogens is 400 g/mol. The molecule has 1 aliphatic rings. The van der Waals surface area contributed by atoms with E-state index in [4.69, 9.17) is 5.73 Å². The molecule has 4 rings (SSSR count). The number of primary amides is 1. The molecule has 154 valence electrons. The van der Waals surface area contributed by atoms with Gasteiger partial charge in [-0.1, -0.05) is 37.3 Å². The Kier molecular flexibility index (Phi) is 5.50. The van der Waals surface area contributed by atoms with Crippen LogP contribution in [-0.4, -0.2) is 21.6 Å². The Balaban J connectivity index is 1.61. The van der Waals surface area contributed by atoms with Gasteiger partial charge in [-0.05, 0) is 42.4 Å². The van der Waals surface area contributed by atoms with Gasteiger partial charge in [0.15, 0.2) is 0 Å². The standard InChI is InChI=1S/C22H22N4O3S/c1-13-7-8-15-17(11-13)30-22(19(15)20(23)28)24-21(29)16-9-10-18(27)26(25-16)12-14-5-3-2-4-6-14/h2-6,9-10,13H,7-8,11-12H2,1H3,(H2,23,28)(H,24,29). The lowest BCUT2D eigenvalue weighted by molar-refractivity contribution is 0.1000. The van der Waals surface area contributed by atoms with Gasteiger partial charge in [-0.2, -0.15) is 5.10 Å². The number of amides is 2. The minimum absolute atomic E-state index is 0.0979. The highest BCUT2D eigenvalue weighted by Crippen LogP contribution is 2.39. The van der Waals surface area contributed by atoms with E-state index >= 15 is 0 Å². The first-order valence-electron chi connectivity index (χ1n) is 9.80. The number of thiophene rings is 1. The molecule has 30 heavy (non-hydrogen) atoms. The maximum absolute atomic E-state index is 12.8. The SMILES string of the molecule is CC1CCc2c(sc(NC(=O)c3ccc(=O)n(Cc4ccccc4)n3)c2C(N)=O)C1. The number of hydrogen-bond donors (Lipinski definition) is 2. The van der Waals surface area contributed by atoms with Gasteiger partial charge in [0.25, 0.3) is 17.4 Å². The largest absolute Gasteiger partial charge is 0.365 e. The molecule has 0 aliphatic heterocycles. The number of rotatable bonds is 5. The van der Waals surface area contributed by atoms with Crippen LogP contribution < -0.4 is 16.6 Å². The number of anilines is 1.